The van der Waals surface area contributed by atoms with Gasteiger partial charge in [-0.05, 0) is 32.0 Å². The summed E-state index contributed by atoms with van der Waals surface area (Å²) in [5, 5.41) is 3.91. The van der Waals surface area contributed by atoms with E-state index in [4.69, 9.17) is 26.1 Å². The van der Waals surface area contributed by atoms with E-state index >= 15 is 0 Å². The Hall–Kier alpha value is -2.15. The Balaban J connectivity index is 0.00000240. The molecule has 1 aliphatic rings. The number of pyridine rings is 1. The van der Waals surface area contributed by atoms with Crippen LogP contribution in [0.1, 0.15) is 12.8 Å². The highest BCUT2D eigenvalue weighted by Crippen LogP contribution is 2.38. The number of nitrogens with zero attached hydrogens (tertiary/aromatic N) is 3. The molecule has 0 atom stereocenters. The first kappa shape index (κ1) is 21.6. The van der Waals surface area contributed by atoms with Crippen molar-refractivity contribution in [2.75, 3.05) is 39.3 Å². The van der Waals surface area contributed by atoms with Crippen LogP contribution in [0.5, 0.6) is 11.5 Å². The van der Waals surface area contributed by atoms with Gasteiger partial charge in [-0.25, -0.2) is 4.98 Å². The van der Waals surface area contributed by atoms with Gasteiger partial charge in [0, 0.05) is 54.9 Å². The number of halogens is 2. The van der Waals surface area contributed by atoms with Gasteiger partial charge in [-0.2, -0.15) is 0 Å². The monoisotopic (exact) mass is 436 g/mol. The van der Waals surface area contributed by atoms with Crippen molar-refractivity contribution in [2.24, 2.45) is 0 Å². The Labute approximate surface area is 182 Å². The molecule has 29 heavy (non-hydrogen) atoms. The highest BCUT2D eigenvalue weighted by molar-refractivity contribution is 6.32. The molecule has 0 radical (unpaired) electrons. The number of anilines is 1. The van der Waals surface area contributed by atoms with Crippen molar-refractivity contribution in [1.29, 1.82) is 0 Å². The number of fused-ring (bicyclic) bond motifs is 1. The number of hydrogen-bond acceptors (Lipinski definition) is 5. The van der Waals surface area contributed by atoms with Gasteiger partial charge in [0.05, 0.1) is 24.9 Å². The number of methoxy groups -OCH3 is 2. The van der Waals surface area contributed by atoms with Crippen LogP contribution >= 0.6 is 24.0 Å². The maximum Gasteiger partial charge on any atom is 0.141 e. The Morgan fingerprint density at radius 3 is 2.48 bits per heavy atom. The molecule has 156 valence electrons. The lowest BCUT2D eigenvalue weighted by Crippen LogP contribution is -2.41. The summed E-state index contributed by atoms with van der Waals surface area (Å²) in [6.45, 7) is 2.11. The summed E-state index contributed by atoms with van der Waals surface area (Å²) in [6.07, 6.45) is 6.36. The number of piperidine rings is 1. The van der Waals surface area contributed by atoms with Crippen molar-refractivity contribution in [1.82, 2.24) is 14.7 Å². The molecule has 1 aromatic carbocycles. The van der Waals surface area contributed by atoms with Gasteiger partial charge in [0.2, 0.25) is 0 Å². The minimum atomic E-state index is 0. The molecule has 1 saturated heterocycles. The number of aromatic nitrogens is 2. The summed E-state index contributed by atoms with van der Waals surface area (Å²) in [5.41, 5.74) is 3.76. The van der Waals surface area contributed by atoms with Crippen LogP contribution in [0.2, 0.25) is 5.02 Å². The van der Waals surface area contributed by atoms with E-state index in [-0.39, 0.29) is 12.4 Å². The number of nitrogens with one attached hydrogen (secondary N) is 1. The van der Waals surface area contributed by atoms with E-state index in [2.05, 4.69) is 28.5 Å². The Morgan fingerprint density at radius 1 is 1.10 bits per heavy atom. The largest absolute Gasteiger partial charge is 0.496 e. The molecule has 0 aliphatic carbocycles. The molecule has 1 aliphatic heterocycles. The SMILES string of the molecule is CNC1CCN(c2ccn3cc(-c4cc(Cl)c(OC)cc4OC)nc3c2)CC1.Cl. The number of ether oxygens (including phenoxy) is 2. The first-order chi connectivity index (χ1) is 13.6. The van der Waals surface area contributed by atoms with E-state index in [1.165, 1.54) is 5.69 Å². The van der Waals surface area contributed by atoms with Crippen LogP contribution in [0.3, 0.4) is 0 Å². The van der Waals surface area contributed by atoms with E-state index in [9.17, 15) is 0 Å². The number of rotatable bonds is 5. The minimum Gasteiger partial charge on any atom is -0.496 e. The molecular formula is C21H26Cl2N4O2. The molecule has 0 unspecified atom stereocenters. The lowest BCUT2D eigenvalue weighted by molar-refractivity contribution is 0.395. The quantitative estimate of drug-likeness (QED) is 0.646. The van der Waals surface area contributed by atoms with Crippen molar-refractivity contribution >= 4 is 35.3 Å². The Kier molecular flexibility index (Phi) is 6.77. The van der Waals surface area contributed by atoms with Crippen LogP contribution in [0, 0.1) is 0 Å². The zero-order valence-electron chi connectivity index (χ0n) is 16.8. The van der Waals surface area contributed by atoms with Gasteiger partial charge in [0.25, 0.3) is 0 Å². The first-order valence-electron chi connectivity index (χ1n) is 9.45. The fraction of sp³-hybridized carbons (Fsp3) is 0.381. The van der Waals surface area contributed by atoms with Gasteiger partial charge in [-0.15, -0.1) is 12.4 Å². The molecule has 2 aromatic heterocycles. The summed E-state index contributed by atoms with van der Waals surface area (Å²) in [6, 6.07) is 8.53. The summed E-state index contributed by atoms with van der Waals surface area (Å²) in [4.78, 5) is 7.24. The van der Waals surface area contributed by atoms with Gasteiger partial charge < -0.3 is 24.1 Å². The normalized spacial score (nSPS) is 14.7. The van der Waals surface area contributed by atoms with Gasteiger partial charge >= 0.3 is 0 Å². The molecule has 0 amide bonds. The first-order valence-corrected chi connectivity index (χ1v) is 9.83. The number of imidazole rings is 1. The summed E-state index contributed by atoms with van der Waals surface area (Å²) in [5.74, 6) is 1.26. The van der Waals surface area contributed by atoms with Crippen molar-refractivity contribution in [3.8, 4) is 22.8 Å². The zero-order valence-corrected chi connectivity index (χ0v) is 18.4. The highest BCUT2D eigenvalue weighted by atomic mass is 35.5. The van der Waals surface area contributed by atoms with Crippen LogP contribution in [-0.4, -0.2) is 49.8 Å². The van der Waals surface area contributed by atoms with Crippen LogP contribution < -0.4 is 19.7 Å². The molecule has 1 fully saturated rings. The van der Waals surface area contributed by atoms with E-state index in [1.807, 2.05) is 23.7 Å². The molecule has 0 bridgehead atoms. The van der Waals surface area contributed by atoms with Crippen LogP contribution in [0.15, 0.2) is 36.7 Å². The second-order valence-corrected chi connectivity index (χ2v) is 7.42. The highest BCUT2D eigenvalue weighted by Gasteiger charge is 2.19. The molecule has 3 aromatic rings. The second kappa shape index (κ2) is 9.11. The topological polar surface area (TPSA) is 51.0 Å². The average molecular weight is 437 g/mol. The predicted molar refractivity (Wildman–Crippen MR) is 120 cm³/mol. The van der Waals surface area contributed by atoms with E-state index in [0.29, 0.717) is 22.6 Å². The number of benzene rings is 1. The third kappa shape index (κ3) is 4.25. The molecular weight excluding hydrogens is 411 g/mol. The lowest BCUT2D eigenvalue weighted by Gasteiger charge is -2.33. The maximum absolute atomic E-state index is 6.33. The molecule has 4 rings (SSSR count). The lowest BCUT2D eigenvalue weighted by atomic mass is 10.0. The maximum atomic E-state index is 6.33. The van der Waals surface area contributed by atoms with Gasteiger partial charge in [0.1, 0.15) is 17.1 Å². The van der Waals surface area contributed by atoms with Gasteiger partial charge in [-0.1, -0.05) is 11.6 Å². The van der Waals surface area contributed by atoms with Crippen molar-refractivity contribution < 1.29 is 9.47 Å². The summed E-state index contributed by atoms with van der Waals surface area (Å²) in [7, 11) is 5.26. The second-order valence-electron chi connectivity index (χ2n) is 7.01. The standard InChI is InChI=1S/C21H25ClN4O2.ClH/c1-23-14-4-7-25(8-5-14)15-6-9-26-13-18(24-21(26)10-15)16-11-17(22)20(28-3)12-19(16)27-2;/h6,9-14,23H,4-5,7-8H2,1-3H3;1H. The average Bonchev–Trinajstić information content (AvgIpc) is 3.16. The summed E-state index contributed by atoms with van der Waals surface area (Å²) < 4.78 is 12.8. The van der Waals surface area contributed by atoms with Crippen LogP contribution in [0.4, 0.5) is 5.69 Å². The Bertz CT molecular complexity index is 984. The fourth-order valence-corrected chi connectivity index (χ4v) is 4.03. The molecule has 8 heteroatoms. The molecule has 1 N–H and O–H groups in total. The minimum absolute atomic E-state index is 0. The van der Waals surface area contributed by atoms with Crippen molar-refractivity contribution in [3.05, 3.63) is 41.7 Å². The fourth-order valence-electron chi connectivity index (χ4n) is 3.78. The predicted octanol–water partition coefficient (Wildman–Crippen LogP) is 4.28. The summed E-state index contributed by atoms with van der Waals surface area (Å²) >= 11 is 6.33. The van der Waals surface area contributed by atoms with E-state index < -0.39 is 0 Å². The zero-order chi connectivity index (χ0) is 19.7. The van der Waals surface area contributed by atoms with E-state index in [0.717, 1.165) is 42.8 Å². The van der Waals surface area contributed by atoms with Gasteiger partial charge in [-0.3, -0.25) is 0 Å². The third-order valence-corrected chi connectivity index (χ3v) is 5.76. The molecule has 6 nitrogen and oxygen atoms in total. The van der Waals surface area contributed by atoms with Crippen LogP contribution in [0.25, 0.3) is 16.9 Å². The van der Waals surface area contributed by atoms with Crippen molar-refractivity contribution in [3.63, 3.8) is 0 Å². The number of hydrogen-bond donors (Lipinski definition) is 1. The molecule has 0 spiro atoms. The third-order valence-electron chi connectivity index (χ3n) is 5.46. The van der Waals surface area contributed by atoms with Crippen LogP contribution in [-0.2, 0) is 0 Å². The smallest absolute Gasteiger partial charge is 0.141 e. The molecule has 0 saturated carbocycles. The van der Waals surface area contributed by atoms with Crippen molar-refractivity contribution in [2.45, 2.75) is 18.9 Å². The van der Waals surface area contributed by atoms with E-state index in [1.54, 1.807) is 20.3 Å². The van der Waals surface area contributed by atoms with Gasteiger partial charge in [0.15, 0.2) is 0 Å². The Morgan fingerprint density at radius 2 is 1.83 bits per heavy atom. The molecule has 3 heterocycles.